The van der Waals surface area contributed by atoms with E-state index >= 15 is 0 Å². The number of nitrogens with zero attached hydrogens (tertiary/aromatic N) is 1. The zero-order chi connectivity index (χ0) is 15.0. The summed E-state index contributed by atoms with van der Waals surface area (Å²) in [7, 11) is 0. The second kappa shape index (κ2) is 5.83. The molecule has 2 amide bonds. The minimum absolute atomic E-state index is 0.0655. The number of hydrogen-bond acceptors (Lipinski definition) is 3. The largest absolute Gasteiger partial charge is 0.480 e. The predicted octanol–water partition coefficient (Wildman–Crippen LogP) is 1.18. The summed E-state index contributed by atoms with van der Waals surface area (Å²) in [5, 5.41) is 21.9. The van der Waals surface area contributed by atoms with E-state index in [9.17, 15) is 19.8 Å². The van der Waals surface area contributed by atoms with Gasteiger partial charge in [0.25, 0.3) is 0 Å². The summed E-state index contributed by atoms with van der Waals surface area (Å²) in [6.07, 6.45) is 5.73. The SMILES string of the molecule is O=C(O)C1C2CCCC2CN1C(=O)NC1CCC(O)CC1. The minimum Gasteiger partial charge on any atom is -0.480 e. The topological polar surface area (TPSA) is 89.9 Å². The lowest BCUT2D eigenvalue weighted by Gasteiger charge is -2.30. The molecule has 118 valence electrons. The average molecular weight is 296 g/mol. The molecule has 2 aliphatic carbocycles. The molecule has 6 heteroatoms. The van der Waals surface area contributed by atoms with Gasteiger partial charge in [-0.1, -0.05) is 6.42 Å². The fourth-order valence-corrected chi connectivity index (χ4v) is 4.31. The molecule has 0 aromatic carbocycles. The van der Waals surface area contributed by atoms with Gasteiger partial charge in [0.15, 0.2) is 0 Å². The third-order valence-corrected chi connectivity index (χ3v) is 5.43. The van der Waals surface area contributed by atoms with Gasteiger partial charge in [-0.25, -0.2) is 9.59 Å². The van der Waals surface area contributed by atoms with Crippen LogP contribution in [0, 0.1) is 11.8 Å². The Morgan fingerprint density at radius 3 is 2.43 bits per heavy atom. The van der Waals surface area contributed by atoms with E-state index in [-0.39, 0.29) is 24.1 Å². The van der Waals surface area contributed by atoms with Gasteiger partial charge in [0, 0.05) is 12.6 Å². The standard InChI is InChI=1S/C15H24N2O4/c18-11-6-4-10(5-7-11)16-15(21)17-8-9-2-1-3-12(9)13(17)14(19)20/h9-13,18H,1-8H2,(H,16,21)(H,19,20). The first kappa shape index (κ1) is 14.6. The number of urea groups is 1. The third kappa shape index (κ3) is 2.86. The number of nitrogens with one attached hydrogen (secondary N) is 1. The molecular weight excluding hydrogens is 272 g/mol. The lowest BCUT2D eigenvalue weighted by atomic mass is 9.93. The highest BCUT2D eigenvalue weighted by Gasteiger charge is 2.49. The third-order valence-electron chi connectivity index (χ3n) is 5.43. The maximum absolute atomic E-state index is 12.4. The van der Waals surface area contributed by atoms with E-state index < -0.39 is 12.0 Å². The van der Waals surface area contributed by atoms with Crippen molar-refractivity contribution >= 4 is 12.0 Å². The van der Waals surface area contributed by atoms with Crippen LogP contribution in [0.1, 0.15) is 44.9 Å². The van der Waals surface area contributed by atoms with Crippen LogP contribution in [0.3, 0.4) is 0 Å². The molecule has 0 spiro atoms. The smallest absolute Gasteiger partial charge is 0.326 e. The quantitative estimate of drug-likeness (QED) is 0.714. The van der Waals surface area contributed by atoms with Crippen molar-refractivity contribution in [1.82, 2.24) is 10.2 Å². The lowest BCUT2D eigenvalue weighted by molar-refractivity contribution is -0.142. The molecule has 0 radical (unpaired) electrons. The average Bonchev–Trinajstić information content (AvgIpc) is 3.00. The lowest BCUT2D eigenvalue weighted by Crippen LogP contribution is -2.51. The second-order valence-electron chi connectivity index (χ2n) is 6.75. The number of aliphatic hydroxyl groups is 1. The van der Waals surface area contributed by atoms with Gasteiger partial charge in [-0.15, -0.1) is 0 Å². The number of fused-ring (bicyclic) bond motifs is 1. The zero-order valence-corrected chi connectivity index (χ0v) is 12.2. The van der Waals surface area contributed by atoms with Crippen LogP contribution in [0.15, 0.2) is 0 Å². The molecule has 0 aromatic heterocycles. The molecule has 0 aromatic rings. The molecule has 3 aliphatic rings. The Labute approximate surface area is 124 Å². The van der Waals surface area contributed by atoms with Crippen molar-refractivity contribution in [3.8, 4) is 0 Å². The van der Waals surface area contributed by atoms with E-state index in [1.54, 1.807) is 0 Å². The van der Waals surface area contributed by atoms with Crippen molar-refractivity contribution in [3.63, 3.8) is 0 Å². The Hall–Kier alpha value is -1.30. The number of aliphatic carboxylic acids is 1. The summed E-state index contributed by atoms with van der Waals surface area (Å²) in [5.41, 5.74) is 0. The van der Waals surface area contributed by atoms with Crippen LogP contribution in [0.5, 0.6) is 0 Å². The fraction of sp³-hybridized carbons (Fsp3) is 0.867. The van der Waals surface area contributed by atoms with E-state index in [4.69, 9.17) is 0 Å². The Morgan fingerprint density at radius 1 is 1.05 bits per heavy atom. The van der Waals surface area contributed by atoms with Crippen LogP contribution in [-0.2, 0) is 4.79 Å². The van der Waals surface area contributed by atoms with Crippen molar-refractivity contribution in [1.29, 1.82) is 0 Å². The maximum atomic E-state index is 12.4. The first-order valence-corrected chi connectivity index (χ1v) is 8.04. The number of likely N-dealkylation sites (tertiary alicyclic amines) is 1. The van der Waals surface area contributed by atoms with Crippen LogP contribution in [0.2, 0.25) is 0 Å². The zero-order valence-electron chi connectivity index (χ0n) is 12.2. The summed E-state index contributed by atoms with van der Waals surface area (Å²) in [6, 6.07) is -0.833. The number of aliphatic hydroxyl groups excluding tert-OH is 1. The van der Waals surface area contributed by atoms with Crippen LogP contribution >= 0.6 is 0 Å². The maximum Gasteiger partial charge on any atom is 0.326 e. The van der Waals surface area contributed by atoms with Crippen molar-refractivity contribution in [2.45, 2.75) is 63.1 Å². The monoisotopic (exact) mass is 296 g/mol. The number of rotatable bonds is 2. The van der Waals surface area contributed by atoms with E-state index in [0.717, 1.165) is 32.1 Å². The number of amides is 2. The van der Waals surface area contributed by atoms with Crippen LogP contribution < -0.4 is 5.32 Å². The number of carboxylic acid groups (broad SMARTS) is 1. The second-order valence-corrected chi connectivity index (χ2v) is 6.75. The van der Waals surface area contributed by atoms with Gasteiger partial charge in [-0.3, -0.25) is 0 Å². The van der Waals surface area contributed by atoms with Crippen molar-refractivity contribution in [2.75, 3.05) is 6.54 Å². The van der Waals surface area contributed by atoms with Crippen molar-refractivity contribution in [3.05, 3.63) is 0 Å². The minimum atomic E-state index is -0.876. The Bertz CT molecular complexity index is 420. The van der Waals surface area contributed by atoms with Gasteiger partial charge < -0.3 is 20.4 Å². The molecule has 3 N–H and O–H groups in total. The molecule has 1 saturated heterocycles. The molecule has 1 heterocycles. The molecule has 6 nitrogen and oxygen atoms in total. The van der Waals surface area contributed by atoms with Gasteiger partial charge in [-0.2, -0.15) is 0 Å². The van der Waals surface area contributed by atoms with Crippen molar-refractivity contribution in [2.24, 2.45) is 11.8 Å². The molecule has 3 atom stereocenters. The van der Waals surface area contributed by atoms with Gasteiger partial charge in [0.2, 0.25) is 0 Å². The normalized spacial score (nSPS) is 39.1. The first-order valence-electron chi connectivity index (χ1n) is 8.04. The van der Waals surface area contributed by atoms with E-state index in [1.165, 1.54) is 4.90 Å². The van der Waals surface area contributed by atoms with E-state index in [0.29, 0.717) is 25.3 Å². The summed E-state index contributed by atoms with van der Waals surface area (Å²) < 4.78 is 0. The van der Waals surface area contributed by atoms with Crippen molar-refractivity contribution < 1.29 is 19.8 Å². The summed E-state index contributed by atoms with van der Waals surface area (Å²) >= 11 is 0. The van der Waals surface area contributed by atoms with Crippen LogP contribution in [0.4, 0.5) is 4.79 Å². The molecule has 3 unspecified atom stereocenters. The summed E-state index contributed by atoms with van der Waals surface area (Å²) in [6.45, 7) is 0.572. The molecule has 2 saturated carbocycles. The molecule has 3 rings (SSSR count). The highest BCUT2D eigenvalue weighted by Crippen LogP contribution is 2.42. The van der Waals surface area contributed by atoms with Crippen LogP contribution in [-0.4, -0.2) is 51.8 Å². The highest BCUT2D eigenvalue weighted by molar-refractivity contribution is 5.84. The number of carbonyl (C=O) groups is 2. The molecular formula is C15H24N2O4. The molecule has 0 bridgehead atoms. The predicted molar refractivity (Wildman–Crippen MR) is 75.8 cm³/mol. The summed E-state index contributed by atoms with van der Waals surface area (Å²) in [4.78, 5) is 25.5. The number of hydrogen-bond donors (Lipinski definition) is 3. The highest BCUT2D eigenvalue weighted by atomic mass is 16.4. The Morgan fingerprint density at radius 2 is 1.76 bits per heavy atom. The Kier molecular flexibility index (Phi) is 4.06. The van der Waals surface area contributed by atoms with E-state index in [2.05, 4.69) is 5.32 Å². The van der Waals surface area contributed by atoms with Gasteiger partial charge in [-0.05, 0) is 50.4 Å². The number of carboxylic acids is 1. The molecule has 21 heavy (non-hydrogen) atoms. The molecule has 3 fully saturated rings. The van der Waals surface area contributed by atoms with E-state index in [1.807, 2.05) is 0 Å². The van der Waals surface area contributed by atoms with Gasteiger partial charge >= 0.3 is 12.0 Å². The number of carbonyl (C=O) groups excluding carboxylic acids is 1. The summed E-state index contributed by atoms with van der Waals surface area (Å²) in [5.74, 6) is -0.398. The first-order chi connectivity index (χ1) is 10.1. The Balaban J connectivity index is 1.62. The van der Waals surface area contributed by atoms with Gasteiger partial charge in [0.05, 0.1) is 6.10 Å². The molecule has 1 aliphatic heterocycles. The van der Waals surface area contributed by atoms with Crippen LogP contribution in [0.25, 0.3) is 0 Å². The fourth-order valence-electron chi connectivity index (χ4n) is 4.31. The van der Waals surface area contributed by atoms with Gasteiger partial charge in [0.1, 0.15) is 6.04 Å².